The summed E-state index contributed by atoms with van der Waals surface area (Å²) in [5.74, 6) is 0. The molecule has 9 heteroatoms. The molecular formula is C17H17N3O3S3. The number of fused-ring (bicyclic) bond motifs is 1. The van der Waals surface area contributed by atoms with Gasteiger partial charge < -0.3 is 4.98 Å². The third-order valence-electron chi connectivity index (χ3n) is 4.50. The number of thiophene rings is 1. The number of H-pyrrole nitrogens is 1. The molecule has 4 rings (SSSR count). The van der Waals surface area contributed by atoms with Gasteiger partial charge in [0.05, 0.1) is 17.4 Å². The van der Waals surface area contributed by atoms with Crippen molar-refractivity contribution >= 4 is 44.5 Å². The van der Waals surface area contributed by atoms with E-state index in [-0.39, 0.29) is 12.1 Å². The minimum Gasteiger partial charge on any atom is -0.332 e. The quantitative estimate of drug-likeness (QED) is 0.675. The second-order valence-electron chi connectivity index (χ2n) is 6.20. The van der Waals surface area contributed by atoms with E-state index < -0.39 is 10.0 Å². The monoisotopic (exact) mass is 407 g/mol. The first-order valence-electron chi connectivity index (χ1n) is 8.27. The van der Waals surface area contributed by atoms with E-state index in [1.54, 1.807) is 24.3 Å². The Morgan fingerprint density at radius 3 is 2.62 bits per heavy atom. The molecule has 1 N–H and O–H groups in total. The van der Waals surface area contributed by atoms with E-state index in [4.69, 9.17) is 12.2 Å². The van der Waals surface area contributed by atoms with Crippen molar-refractivity contribution in [1.29, 1.82) is 0 Å². The van der Waals surface area contributed by atoms with Crippen LogP contribution in [0.5, 0.6) is 0 Å². The lowest BCUT2D eigenvalue weighted by atomic mass is 10.2. The molecule has 0 spiro atoms. The summed E-state index contributed by atoms with van der Waals surface area (Å²) in [6, 6.07) is 10.6. The molecule has 1 fully saturated rings. The number of hydrogen-bond acceptors (Lipinski definition) is 5. The lowest BCUT2D eigenvalue weighted by Gasteiger charge is -2.13. The normalized spacial score (nSPS) is 15.7. The van der Waals surface area contributed by atoms with Crippen LogP contribution in [0.4, 0.5) is 0 Å². The molecule has 0 atom stereocenters. The molecule has 1 aliphatic heterocycles. The average Bonchev–Trinajstić information content (AvgIpc) is 3.31. The number of aromatic nitrogens is 2. The van der Waals surface area contributed by atoms with Crippen molar-refractivity contribution in [2.75, 3.05) is 13.1 Å². The van der Waals surface area contributed by atoms with E-state index in [0.29, 0.717) is 33.0 Å². The van der Waals surface area contributed by atoms with Crippen LogP contribution in [-0.2, 0) is 16.6 Å². The van der Waals surface area contributed by atoms with E-state index in [0.717, 1.165) is 17.7 Å². The molecule has 26 heavy (non-hydrogen) atoms. The highest BCUT2D eigenvalue weighted by atomic mass is 32.2. The molecular weight excluding hydrogens is 390 g/mol. The molecule has 0 unspecified atom stereocenters. The van der Waals surface area contributed by atoms with Gasteiger partial charge in [0.1, 0.15) is 4.21 Å². The number of hydrogen-bond donors (Lipinski definition) is 1. The van der Waals surface area contributed by atoms with E-state index in [2.05, 4.69) is 4.98 Å². The molecule has 0 radical (unpaired) electrons. The Morgan fingerprint density at radius 1 is 1.12 bits per heavy atom. The second-order valence-corrected chi connectivity index (χ2v) is 9.92. The summed E-state index contributed by atoms with van der Waals surface area (Å²) in [5.41, 5.74) is 0.518. The maximum atomic E-state index is 12.7. The van der Waals surface area contributed by atoms with Gasteiger partial charge in [0, 0.05) is 18.0 Å². The summed E-state index contributed by atoms with van der Waals surface area (Å²) >= 11 is 6.51. The van der Waals surface area contributed by atoms with Crippen molar-refractivity contribution in [2.45, 2.75) is 23.6 Å². The maximum Gasteiger partial charge on any atom is 0.262 e. The van der Waals surface area contributed by atoms with Crippen LogP contribution in [0.25, 0.3) is 10.9 Å². The molecule has 2 aromatic heterocycles. The van der Waals surface area contributed by atoms with Crippen LogP contribution >= 0.6 is 23.6 Å². The van der Waals surface area contributed by atoms with E-state index in [1.165, 1.54) is 20.2 Å². The number of nitrogens with one attached hydrogen (secondary N) is 1. The van der Waals surface area contributed by atoms with Crippen molar-refractivity contribution in [3.05, 3.63) is 56.4 Å². The van der Waals surface area contributed by atoms with Crippen molar-refractivity contribution in [3.8, 4) is 0 Å². The Hall–Kier alpha value is -1.81. The summed E-state index contributed by atoms with van der Waals surface area (Å²) in [5, 5.41) is 0.558. The zero-order valence-corrected chi connectivity index (χ0v) is 16.3. The van der Waals surface area contributed by atoms with Gasteiger partial charge >= 0.3 is 0 Å². The maximum absolute atomic E-state index is 12.7. The zero-order valence-electron chi connectivity index (χ0n) is 13.8. The summed E-state index contributed by atoms with van der Waals surface area (Å²) in [7, 11) is -3.43. The Bertz CT molecular complexity index is 1180. The first-order valence-corrected chi connectivity index (χ1v) is 10.9. The Morgan fingerprint density at radius 2 is 1.85 bits per heavy atom. The molecule has 3 heterocycles. The van der Waals surface area contributed by atoms with Gasteiger partial charge in [-0.25, -0.2) is 8.42 Å². The second kappa shape index (κ2) is 6.73. The van der Waals surface area contributed by atoms with Crippen molar-refractivity contribution in [1.82, 2.24) is 13.9 Å². The fourth-order valence-electron chi connectivity index (χ4n) is 3.14. The number of sulfonamides is 1. The molecule has 0 bridgehead atoms. The third kappa shape index (κ3) is 3.05. The lowest BCUT2D eigenvalue weighted by molar-refractivity contribution is 0.479. The third-order valence-corrected chi connectivity index (χ3v) is 8.26. The van der Waals surface area contributed by atoms with Crippen LogP contribution in [0.1, 0.15) is 17.7 Å². The van der Waals surface area contributed by atoms with Gasteiger partial charge in [-0.1, -0.05) is 12.1 Å². The minimum absolute atomic E-state index is 0.179. The van der Waals surface area contributed by atoms with Crippen molar-refractivity contribution < 1.29 is 8.42 Å². The van der Waals surface area contributed by atoms with Crippen LogP contribution < -0.4 is 5.56 Å². The largest absolute Gasteiger partial charge is 0.332 e. The van der Waals surface area contributed by atoms with Gasteiger partial charge in [-0.2, -0.15) is 4.31 Å². The number of rotatable bonds is 4. The summed E-state index contributed by atoms with van der Waals surface area (Å²) < 4.78 is 28.9. The van der Waals surface area contributed by atoms with Crippen molar-refractivity contribution in [3.63, 3.8) is 0 Å². The zero-order chi connectivity index (χ0) is 18.3. The Labute approximate surface area is 159 Å². The molecule has 6 nitrogen and oxygen atoms in total. The minimum atomic E-state index is -3.43. The molecule has 3 aromatic rings. The van der Waals surface area contributed by atoms with Gasteiger partial charge in [-0.05, 0) is 49.3 Å². The van der Waals surface area contributed by atoms with Crippen LogP contribution in [-0.4, -0.2) is 35.4 Å². The summed E-state index contributed by atoms with van der Waals surface area (Å²) in [6.07, 6.45) is 1.80. The van der Waals surface area contributed by atoms with Crippen LogP contribution in [0.3, 0.4) is 0 Å². The molecule has 0 saturated carbocycles. The average molecular weight is 408 g/mol. The van der Waals surface area contributed by atoms with Crippen molar-refractivity contribution in [2.24, 2.45) is 0 Å². The lowest BCUT2D eigenvalue weighted by Crippen LogP contribution is -2.27. The number of para-hydroxylation sites is 1. The van der Waals surface area contributed by atoms with Gasteiger partial charge in [-0.3, -0.25) is 9.36 Å². The van der Waals surface area contributed by atoms with Gasteiger partial charge in [0.25, 0.3) is 15.6 Å². The molecule has 1 saturated heterocycles. The highest BCUT2D eigenvalue weighted by molar-refractivity contribution is 7.91. The molecule has 0 aliphatic carbocycles. The first-order chi connectivity index (χ1) is 12.5. The van der Waals surface area contributed by atoms with E-state index >= 15 is 0 Å². The van der Waals surface area contributed by atoms with Crippen LogP contribution in [0, 0.1) is 4.77 Å². The highest BCUT2D eigenvalue weighted by Gasteiger charge is 2.28. The van der Waals surface area contributed by atoms with E-state index in [1.807, 2.05) is 12.1 Å². The Kier molecular flexibility index (Phi) is 4.55. The van der Waals surface area contributed by atoms with Gasteiger partial charge in [0.2, 0.25) is 0 Å². The highest BCUT2D eigenvalue weighted by Crippen LogP contribution is 2.27. The first kappa shape index (κ1) is 17.6. The fourth-order valence-corrected chi connectivity index (χ4v) is 6.41. The number of benzene rings is 1. The Balaban J connectivity index is 1.69. The van der Waals surface area contributed by atoms with E-state index in [9.17, 15) is 13.2 Å². The van der Waals surface area contributed by atoms with Crippen LogP contribution in [0.2, 0.25) is 0 Å². The number of nitrogens with zero attached hydrogens (tertiary/aromatic N) is 2. The summed E-state index contributed by atoms with van der Waals surface area (Å²) in [6.45, 7) is 1.40. The smallest absolute Gasteiger partial charge is 0.262 e. The standard InChI is InChI=1S/C17H17N3O3S3/c21-16-13-5-1-2-6-14(13)18-17(24)20(16)11-12-7-8-15(25-12)26(22,23)19-9-3-4-10-19/h1-2,5-8H,3-4,9-11H2,(H,18,24). The topological polar surface area (TPSA) is 75.2 Å². The fraction of sp³-hybridized carbons (Fsp3) is 0.294. The summed E-state index contributed by atoms with van der Waals surface area (Å²) in [4.78, 5) is 16.6. The van der Waals surface area contributed by atoms with Crippen LogP contribution in [0.15, 0.2) is 45.4 Å². The predicted octanol–water partition coefficient (Wildman–Crippen LogP) is 2.95. The predicted molar refractivity (Wildman–Crippen MR) is 105 cm³/mol. The molecule has 1 aromatic carbocycles. The SMILES string of the molecule is O=c1c2ccccc2[nH]c(=S)n1Cc1ccc(S(=O)(=O)N2CCCC2)s1. The molecule has 0 amide bonds. The molecule has 1 aliphatic rings. The van der Waals surface area contributed by atoms with Gasteiger partial charge in [0.15, 0.2) is 4.77 Å². The molecule has 136 valence electrons. The number of aromatic amines is 1. The van der Waals surface area contributed by atoms with Gasteiger partial charge in [-0.15, -0.1) is 11.3 Å².